The second-order valence-electron chi connectivity index (χ2n) is 5.48. The number of nitrogens with zero attached hydrogens (tertiary/aromatic N) is 3. The molecule has 6 nitrogen and oxygen atoms in total. The summed E-state index contributed by atoms with van der Waals surface area (Å²) in [6, 6.07) is 3.97. The Kier molecular flexibility index (Phi) is 4.39. The first-order chi connectivity index (χ1) is 10.7. The molecule has 0 aliphatic carbocycles. The molecular weight excluding hydrogens is 280 g/mol. The zero-order valence-electron chi connectivity index (χ0n) is 12.4. The topological polar surface area (TPSA) is 77.0 Å². The van der Waals surface area contributed by atoms with E-state index in [1.165, 1.54) is 11.8 Å². The van der Waals surface area contributed by atoms with Crippen LogP contribution in [0.3, 0.4) is 0 Å². The number of carbonyl (C=O) groups is 1. The van der Waals surface area contributed by atoms with E-state index in [1.54, 1.807) is 18.6 Å². The fraction of sp³-hybridized carbons (Fsp3) is 0.375. The Labute approximate surface area is 129 Å². The third-order valence-corrected chi connectivity index (χ3v) is 3.78. The predicted octanol–water partition coefficient (Wildman–Crippen LogP) is 1.17. The first-order valence-corrected chi connectivity index (χ1v) is 7.28. The molecule has 1 aliphatic rings. The molecule has 2 atom stereocenters. The summed E-state index contributed by atoms with van der Waals surface area (Å²) >= 11 is 0. The van der Waals surface area contributed by atoms with Gasteiger partial charge in [0, 0.05) is 24.5 Å². The van der Waals surface area contributed by atoms with Gasteiger partial charge in [-0.15, -0.1) is 0 Å². The molecule has 6 heteroatoms. The van der Waals surface area contributed by atoms with Gasteiger partial charge in [-0.1, -0.05) is 0 Å². The van der Waals surface area contributed by atoms with Crippen molar-refractivity contribution in [2.45, 2.75) is 19.4 Å². The monoisotopic (exact) mass is 298 g/mol. The normalized spacial score (nSPS) is 20.8. The van der Waals surface area contributed by atoms with Gasteiger partial charge in [-0.2, -0.15) is 0 Å². The lowest BCUT2D eigenvalue weighted by molar-refractivity contribution is 0.0919. The first kappa shape index (κ1) is 14.6. The van der Waals surface area contributed by atoms with Crippen LogP contribution in [-0.4, -0.2) is 40.1 Å². The molecule has 22 heavy (non-hydrogen) atoms. The van der Waals surface area contributed by atoms with Crippen molar-refractivity contribution in [3.8, 4) is 0 Å². The van der Waals surface area contributed by atoms with E-state index in [0.717, 1.165) is 12.1 Å². The molecule has 114 valence electrons. The van der Waals surface area contributed by atoms with Crippen LogP contribution in [-0.2, 0) is 11.2 Å². The largest absolute Gasteiger partial charge is 0.379 e. The van der Waals surface area contributed by atoms with Crippen molar-refractivity contribution in [2.75, 3.05) is 13.2 Å². The summed E-state index contributed by atoms with van der Waals surface area (Å²) in [4.78, 5) is 24.5. The van der Waals surface area contributed by atoms with Crippen molar-refractivity contribution in [1.82, 2.24) is 20.3 Å². The lowest BCUT2D eigenvalue weighted by atomic mass is 9.95. The van der Waals surface area contributed by atoms with E-state index in [1.807, 2.05) is 19.1 Å². The smallest absolute Gasteiger partial charge is 0.271 e. The summed E-state index contributed by atoms with van der Waals surface area (Å²) in [5.74, 6) is 0.0486. The van der Waals surface area contributed by atoms with Gasteiger partial charge < -0.3 is 10.1 Å². The lowest BCUT2D eigenvalue weighted by Crippen LogP contribution is -2.41. The molecule has 1 fully saturated rings. The van der Waals surface area contributed by atoms with Gasteiger partial charge in [-0.25, -0.2) is 4.98 Å². The molecule has 3 rings (SSSR count). The second-order valence-corrected chi connectivity index (χ2v) is 5.48. The maximum atomic E-state index is 12.2. The maximum absolute atomic E-state index is 12.2. The number of hydrogen-bond acceptors (Lipinski definition) is 5. The number of nitrogens with one attached hydrogen (secondary N) is 1. The minimum absolute atomic E-state index is 0.0104. The van der Waals surface area contributed by atoms with Crippen LogP contribution in [0.2, 0.25) is 0 Å². The van der Waals surface area contributed by atoms with Gasteiger partial charge in [0.1, 0.15) is 5.69 Å². The van der Waals surface area contributed by atoms with Crippen LogP contribution in [0.15, 0.2) is 36.9 Å². The van der Waals surface area contributed by atoms with Crippen LogP contribution in [0.5, 0.6) is 0 Å². The first-order valence-electron chi connectivity index (χ1n) is 7.28. The van der Waals surface area contributed by atoms with Crippen LogP contribution in [0, 0.1) is 12.8 Å². The maximum Gasteiger partial charge on any atom is 0.271 e. The highest BCUT2D eigenvalue weighted by atomic mass is 16.5. The SMILES string of the molecule is Cc1cnc(C(=O)N[C@H]2COC[C@H]2Cc2ccncc2)cn1. The van der Waals surface area contributed by atoms with Gasteiger partial charge in [-0.05, 0) is 31.0 Å². The van der Waals surface area contributed by atoms with E-state index in [9.17, 15) is 4.79 Å². The van der Waals surface area contributed by atoms with Crippen molar-refractivity contribution < 1.29 is 9.53 Å². The van der Waals surface area contributed by atoms with Gasteiger partial charge in [0.25, 0.3) is 5.91 Å². The van der Waals surface area contributed by atoms with Crippen LogP contribution in [0.25, 0.3) is 0 Å². The zero-order chi connectivity index (χ0) is 15.4. The van der Waals surface area contributed by atoms with E-state index in [2.05, 4.69) is 20.3 Å². The molecule has 2 aromatic heterocycles. The molecule has 2 aromatic rings. The number of hydrogen-bond donors (Lipinski definition) is 1. The number of rotatable bonds is 4. The molecule has 0 saturated carbocycles. The van der Waals surface area contributed by atoms with E-state index < -0.39 is 0 Å². The number of carbonyl (C=O) groups excluding carboxylic acids is 1. The molecule has 0 radical (unpaired) electrons. The summed E-state index contributed by atoms with van der Waals surface area (Å²) in [5, 5.41) is 3.00. The number of amides is 1. The van der Waals surface area contributed by atoms with Crippen molar-refractivity contribution in [3.63, 3.8) is 0 Å². The Balaban J connectivity index is 1.63. The molecule has 1 aliphatic heterocycles. The zero-order valence-corrected chi connectivity index (χ0v) is 12.4. The predicted molar refractivity (Wildman–Crippen MR) is 80.3 cm³/mol. The third-order valence-electron chi connectivity index (χ3n) is 3.78. The summed E-state index contributed by atoms with van der Waals surface area (Å²) in [7, 11) is 0. The number of aromatic nitrogens is 3. The van der Waals surface area contributed by atoms with Gasteiger partial charge in [-0.3, -0.25) is 14.8 Å². The lowest BCUT2D eigenvalue weighted by Gasteiger charge is -2.18. The van der Waals surface area contributed by atoms with Crippen molar-refractivity contribution >= 4 is 5.91 Å². The summed E-state index contributed by atoms with van der Waals surface area (Å²) in [6.45, 7) is 3.01. The fourth-order valence-electron chi connectivity index (χ4n) is 2.53. The Morgan fingerprint density at radius 1 is 1.27 bits per heavy atom. The molecule has 0 bridgehead atoms. The average molecular weight is 298 g/mol. The van der Waals surface area contributed by atoms with Crippen LogP contribution >= 0.6 is 0 Å². The Morgan fingerprint density at radius 3 is 2.82 bits per heavy atom. The van der Waals surface area contributed by atoms with Gasteiger partial charge in [0.05, 0.1) is 31.1 Å². The van der Waals surface area contributed by atoms with E-state index in [0.29, 0.717) is 18.9 Å². The third kappa shape index (κ3) is 3.46. The minimum atomic E-state index is -0.206. The van der Waals surface area contributed by atoms with Crippen molar-refractivity contribution in [2.24, 2.45) is 5.92 Å². The quantitative estimate of drug-likeness (QED) is 0.917. The van der Waals surface area contributed by atoms with Crippen LogP contribution in [0.4, 0.5) is 0 Å². The second kappa shape index (κ2) is 6.62. The number of ether oxygens (including phenoxy) is 1. The van der Waals surface area contributed by atoms with Crippen molar-refractivity contribution in [1.29, 1.82) is 0 Å². The van der Waals surface area contributed by atoms with E-state index in [4.69, 9.17) is 4.74 Å². The van der Waals surface area contributed by atoms with Gasteiger partial charge >= 0.3 is 0 Å². The van der Waals surface area contributed by atoms with Gasteiger partial charge in [0.2, 0.25) is 0 Å². The molecule has 1 amide bonds. The summed E-state index contributed by atoms with van der Waals surface area (Å²) in [5.41, 5.74) is 2.32. The molecule has 1 saturated heterocycles. The molecule has 0 aromatic carbocycles. The highest BCUT2D eigenvalue weighted by Gasteiger charge is 2.30. The standard InChI is InChI=1S/C16H18N4O2/c1-11-7-19-14(8-18-11)16(21)20-15-10-22-9-13(15)6-12-2-4-17-5-3-12/h2-5,7-8,13,15H,6,9-10H2,1H3,(H,20,21)/t13-,15+/m1/s1. The molecule has 3 heterocycles. The molecular formula is C16H18N4O2. The summed E-state index contributed by atoms with van der Waals surface area (Å²) < 4.78 is 5.53. The molecule has 0 unspecified atom stereocenters. The minimum Gasteiger partial charge on any atom is -0.379 e. The number of pyridine rings is 1. The average Bonchev–Trinajstić information content (AvgIpc) is 2.96. The number of aryl methyl sites for hydroxylation is 1. The highest BCUT2D eigenvalue weighted by Crippen LogP contribution is 2.19. The van der Waals surface area contributed by atoms with Crippen molar-refractivity contribution in [3.05, 3.63) is 53.9 Å². The van der Waals surface area contributed by atoms with Crippen LogP contribution in [0.1, 0.15) is 21.7 Å². The molecule has 0 spiro atoms. The Bertz CT molecular complexity index is 630. The molecule has 1 N–H and O–H groups in total. The Hall–Kier alpha value is -2.34. The van der Waals surface area contributed by atoms with Gasteiger partial charge in [0.15, 0.2) is 0 Å². The van der Waals surface area contributed by atoms with E-state index >= 15 is 0 Å². The fourth-order valence-corrected chi connectivity index (χ4v) is 2.53. The Morgan fingerprint density at radius 2 is 2.09 bits per heavy atom. The van der Waals surface area contributed by atoms with E-state index in [-0.39, 0.29) is 17.9 Å². The summed E-state index contributed by atoms with van der Waals surface area (Å²) in [6.07, 6.45) is 7.50. The van der Waals surface area contributed by atoms with Crippen LogP contribution < -0.4 is 5.32 Å². The highest BCUT2D eigenvalue weighted by molar-refractivity contribution is 5.92.